The zero-order chi connectivity index (χ0) is 13.8. The number of alkyl carbamates (subject to hydrolysis) is 1. The van der Waals surface area contributed by atoms with Crippen LogP contribution in [0.2, 0.25) is 5.02 Å². The summed E-state index contributed by atoms with van der Waals surface area (Å²) in [6.07, 6.45) is -0.502. The van der Waals surface area contributed by atoms with Crippen LogP contribution in [0.3, 0.4) is 0 Å². The number of amides is 1. The Morgan fingerprint density at radius 2 is 2.06 bits per heavy atom. The van der Waals surface area contributed by atoms with Gasteiger partial charge >= 0.3 is 6.09 Å². The van der Waals surface area contributed by atoms with Crippen LogP contribution in [0.5, 0.6) is 0 Å². The lowest BCUT2D eigenvalue weighted by molar-refractivity contribution is 0.0505. The van der Waals surface area contributed by atoms with Crippen molar-refractivity contribution in [2.75, 3.05) is 6.54 Å². The summed E-state index contributed by atoms with van der Waals surface area (Å²) in [6, 6.07) is 6.91. The lowest BCUT2D eigenvalue weighted by atomic mass is 10.1. The molecule has 1 amide bonds. The molecule has 0 heterocycles. The van der Waals surface area contributed by atoms with Gasteiger partial charge in [-0.3, -0.25) is 0 Å². The molecule has 0 aliphatic carbocycles. The van der Waals surface area contributed by atoms with Crippen molar-refractivity contribution in [2.24, 2.45) is 5.73 Å². The number of nitrogens with one attached hydrogen (secondary N) is 1. The van der Waals surface area contributed by atoms with Crippen molar-refractivity contribution < 1.29 is 9.53 Å². The van der Waals surface area contributed by atoms with Gasteiger partial charge in [-0.1, -0.05) is 29.8 Å². The molecule has 5 heteroatoms. The van der Waals surface area contributed by atoms with E-state index in [-0.39, 0.29) is 12.6 Å². The van der Waals surface area contributed by atoms with E-state index in [1.54, 1.807) is 26.8 Å². The number of hydrogen-bond acceptors (Lipinski definition) is 3. The highest BCUT2D eigenvalue weighted by Gasteiger charge is 2.20. The maximum atomic E-state index is 11.7. The number of carbonyl (C=O) groups excluding carboxylic acids is 1. The molecule has 0 saturated carbocycles. The summed E-state index contributed by atoms with van der Waals surface area (Å²) in [4.78, 5) is 11.7. The van der Waals surface area contributed by atoms with Crippen LogP contribution >= 0.6 is 11.6 Å². The lowest BCUT2D eigenvalue weighted by Crippen LogP contribution is -2.37. The summed E-state index contributed by atoms with van der Waals surface area (Å²) in [5.41, 5.74) is 5.90. The van der Waals surface area contributed by atoms with E-state index in [1.165, 1.54) is 0 Å². The van der Waals surface area contributed by atoms with Gasteiger partial charge in [-0.15, -0.1) is 0 Å². The standard InChI is InChI=1S/C13H19ClN2O2/c1-13(2,3)18-12(17)16-11(8-15)9-6-4-5-7-10(9)14/h4-7,11H,8,15H2,1-3H3,(H,16,17)/t11-/m0/s1. The second kappa shape index (κ2) is 6.07. The second-order valence-corrected chi connectivity index (χ2v) is 5.36. The predicted octanol–water partition coefficient (Wildman–Crippen LogP) is 2.86. The Morgan fingerprint density at radius 3 is 2.56 bits per heavy atom. The van der Waals surface area contributed by atoms with Crippen molar-refractivity contribution in [3.63, 3.8) is 0 Å². The third-order valence-corrected chi connectivity index (χ3v) is 2.55. The molecule has 0 unspecified atom stereocenters. The van der Waals surface area contributed by atoms with E-state index < -0.39 is 11.7 Å². The average Bonchev–Trinajstić information content (AvgIpc) is 2.24. The van der Waals surface area contributed by atoms with Crippen molar-refractivity contribution in [2.45, 2.75) is 32.4 Å². The van der Waals surface area contributed by atoms with Crippen LogP contribution in [0, 0.1) is 0 Å². The monoisotopic (exact) mass is 270 g/mol. The van der Waals surface area contributed by atoms with Gasteiger partial charge in [0.2, 0.25) is 0 Å². The van der Waals surface area contributed by atoms with Crippen molar-refractivity contribution in [3.8, 4) is 0 Å². The molecular weight excluding hydrogens is 252 g/mol. The predicted molar refractivity (Wildman–Crippen MR) is 72.6 cm³/mol. The molecule has 0 saturated heterocycles. The van der Waals surface area contributed by atoms with Crippen molar-refractivity contribution in [1.29, 1.82) is 0 Å². The minimum Gasteiger partial charge on any atom is -0.444 e. The van der Waals surface area contributed by atoms with E-state index in [2.05, 4.69) is 5.32 Å². The number of benzene rings is 1. The van der Waals surface area contributed by atoms with Crippen LogP contribution in [0.4, 0.5) is 4.79 Å². The quantitative estimate of drug-likeness (QED) is 0.888. The number of rotatable bonds is 3. The van der Waals surface area contributed by atoms with Gasteiger partial charge in [0.15, 0.2) is 0 Å². The SMILES string of the molecule is CC(C)(C)OC(=O)N[C@@H](CN)c1ccccc1Cl. The number of nitrogens with two attached hydrogens (primary N) is 1. The van der Waals surface area contributed by atoms with E-state index in [4.69, 9.17) is 22.1 Å². The maximum Gasteiger partial charge on any atom is 0.408 e. The Labute approximate surface area is 112 Å². The van der Waals surface area contributed by atoms with Gasteiger partial charge in [-0.2, -0.15) is 0 Å². The topological polar surface area (TPSA) is 64.3 Å². The zero-order valence-electron chi connectivity index (χ0n) is 10.9. The third kappa shape index (κ3) is 4.55. The summed E-state index contributed by atoms with van der Waals surface area (Å²) in [7, 11) is 0. The molecule has 1 atom stereocenters. The Morgan fingerprint density at radius 1 is 1.44 bits per heavy atom. The number of ether oxygens (including phenoxy) is 1. The minimum atomic E-state index is -0.538. The Bertz CT molecular complexity index is 416. The molecule has 3 N–H and O–H groups in total. The Balaban J connectivity index is 2.74. The molecule has 0 aliphatic rings. The second-order valence-electron chi connectivity index (χ2n) is 4.96. The largest absolute Gasteiger partial charge is 0.444 e. The molecule has 4 nitrogen and oxygen atoms in total. The van der Waals surface area contributed by atoms with Gasteiger partial charge in [-0.05, 0) is 32.4 Å². The number of halogens is 1. The number of carbonyl (C=O) groups is 1. The molecular formula is C13H19ClN2O2. The summed E-state index contributed by atoms with van der Waals surface area (Å²) in [6.45, 7) is 5.67. The molecule has 18 heavy (non-hydrogen) atoms. The summed E-state index contributed by atoms with van der Waals surface area (Å²) < 4.78 is 5.18. The highest BCUT2D eigenvalue weighted by atomic mass is 35.5. The molecule has 0 aromatic heterocycles. The van der Waals surface area contributed by atoms with E-state index in [0.29, 0.717) is 5.02 Å². The first kappa shape index (κ1) is 14.8. The van der Waals surface area contributed by atoms with Crippen LogP contribution in [-0.2, 0) is 4.74 Å². The highest BCUT2D eigenvalue weighted by molar-refractivity contribution is 6.31. The molecule has 0 spiro atoms. The van der Waals surface area contributed by atoms with Crippen LogP contribution in [0.25, 0.3) is 0 Å². The fourth-order valence-electron chi connectivity index (χ4n) is 1.47. The van der Waals surface area contributed by atoms with Crippen molar-refractivity contribution in [1.82, 2.24) is 5.32 Å². The highest BCUT2D eigenvalue weighted by Crippen LogP contribution is 2.22. The fourth-order valence-corrected chi connectivity index (χ4v) is 1.74. The van der Waals surface area contributed by atoms with Crippen LogP contribution in [-0.4, -0.2) is 18.2 Å². The van der Waals surface area contributed by atoms with E-state index in [0.717, 1.165) is 5.56 Å². The Kier molecular flexibility index (Phi) is 4.99. The number of hydrogen-bond donors (Lipinski definition) is 2. The van der Waals surface area contributed by atoms with E-state index in [9.17, 15) is 4.79 Å². The lowest BCUT2D eigenvalue weighted by Gasteiger charge is -2.23. The average molecular weight is 271 g/mol. The molecule has 0 fully saturated rings. The first-order valence-corrected chi connectivity index (χ1v) is 6.15. The van der Waals surface area contributed by atoms with Gasteiger partial charge in [0.1, 0.15) is 5.60 Å². The minimum absolute atomic E-state index is 0.253. The van der Waals surface area contributed by atoms with E-state index in [1.807, 2.05) is 18.2 Å². The molecule has 1 rings (SSSR count). The van der Waals surface area contributed by atoms with Crippen LogP contribution < -0.4 is 11.1 Å². The normalized spacial score (nSPS) is 12.9. The maximum absolute atomic E-state index is 11.7. The molecule has 0 bridgehead atoms. The summed E-state index contributed by atoms with van der Waals surface area (Å²) >= 11 is 6.07. The Hall–Kier alpha value is -1.26. The molecule has 0 radical (unpaired) electrons. The molecule has 1 aromatic rings. The van der Waals surface area contributed by atoms with Crippen LogP contribution in [0.1, 0.15) is 32.4 Å². The van der Waals surface area contributed by atoms with Gasteiger partial charge in [-0.25, -0.2) is 4.79 Å². The molecule has 0 aliphatic heterocycles. The summed E-state index contributed by atoms with van der Waals surface area (Å²) in [5.74, 6) is 0. The first-order chi connectivity index (χ1) is 8.33. The molecule has 1 aromatic carbocycles. The van der Waals surface area contributed by atoms with Gasteiger partial charge in [0.25, 0.3) is 0 Å². The summed E-state index contributed by atoms with van der Waals surface area (Å²) in [5, 5.41) is 3.28. The smallest absolute Gasteiger partial charge is 0.408 e. The molecule has 100 valence electrons. The van der Waals surface area contributed by atoms with Crippen molar-refractivity contribution >= 4 is 17.7 Å². The first-order valence-electron chi connectivity index (χ1n) is 5.77. The van der Waals surface area contributed by atoms with Crippen molar-refractivity contribution in [3.05, 3.63) is 34.9 Å². The van der Waals surface area contributed by atoms with E-state index >= 15 is 0 Å². The third-order valence-electron chi connectivity index (χ3n) is 2.21. The van der Waals surface area contributed by atoms with Gasteiger partial charge in [0.05, 0.1) is 6.04 Å². The fraction of sp³-hybridized carbons (Fsp3) is 0.462. The van der Waals surface area contributed by atoms with Crippen LogP contribution in [0.15, 0.2) is 24.3 Å². The van der Waals surface area contributed by atoms with Gasteiger partial charge in [0, 0.05) is 11.6 Å². The zero-order valence-corrected chi connectivity index (χ0v) is 11.6. The van der Waals surface area contributed by atoms with Gasteiger partial charge < -0.3 is 15.8 Å².